The smallest absolute Gasteiger partial charge is 0.261 e. The van der Waals surface area contributed by atoms with Crippen molar-refractivity contribution >= 4 is 35.0 Å². The molecule has 0 heterocycles. The van der Waals surface area contributed by atoms with Gasteiger partial charge in [0.2, 0.25) is 5.91 Å². The van der Waals surface area contributed by atoms with Crippen LogP contribution in [0.3, 0.4) is 0 Å². The van der Waals surface area contributed by atoms with Gasteiger partial charge in [-0.15, -0.1) is 0 Å². The Morgan fingerprint density at radius 1 is 1.06 bits per heavy atom. The molecule has 7 heteroatoms. The van der Waals surface area contributed by atoms with Gasteiger partial charge in [0.05, 0.1) is 0 Å². The molecule has 2 amide bonds. The molecule has 1 atom stereocenters. The van der Waals surface area contributed by atoms with Crippen molar-refractivity contribution in [3.63, 3.8) is 0 Å². The Morgan fingerprint density at radius 3 is 2.19 bits per heavy atom. The average Bonchev–Trinajstić information content (AvgIpc) is 2.75. The van der Waals surface area contributed by atoms with Crippen LogP contribution in [0.4, 0.5) is 0 Å². The minimum Gasteiger partial charge on any atom is -0.484 e. The summed E-state index contributed by atoms with van der Waals surface area (Å²) in [7, 11) is 0. The Bertz CT molecular complexity index is 906. The maximum Gasteiger partial charge on any atom is 0.261 e. The van der Waals surface area contributed by atoms with Crippen LogP contribution in [0.2, 0.25) is 10.0 Å². The van der Waals surface area contributed by atoms with Crippen LogP contribution in [-0.4, -0.2) is 35.9 Å². The third-order valence-electron chi connectivity index (χ3n) is 5.11. The van der Waals surface area contributed by atoms with Gasteiger partial charge in [0.25, 0.3) is 5.91 Å². The summed E-state index contributed by atoms with van der Waals surface area (Å²) in [6.45, 7) is 10.4. The SMILES string of the molecule is CC[C@@H](C(=O)NCC(C)C)N(Cc1ccc(Cl)cc1)C(=O)COc1cc(C)c(Cl)c(C)c1. The molecule has 2 aromatic rings. The van der Waals surface area contributed by atoms with Crippen molar-refractivity contribution < 1.29 is 14.3 Å². The highest BCUT2D eigenvalue weighted by atomic mass is 35.5. The van der Waals surface area contributed by atoms with Crippen LogP contribution in [0.5, 0.6) is 5.75 Å². The van der Waals surface area contributed by atoms with Gasteiger partial charge in [0.1, 0.15) is 11.8 Å². The fourth-order valence-corrected chi connectivity index (χ4v) is 3.58. The predicted molar refractivity (Wildman–Crippen MR) is 130 cm³/mol. The highest BCUT2D eigenvalue weighted by Gasteiger charge is 2.29. The lowest BCUT2D eigenvalue weighted by Crippen LogP contribution is -2.50. The van der Waals surface area contributed by atoms with Gasteiger partial charge in [-0.3, -0.25) is 9.59 Å². The van der Waals surface area contributed by atoms with E-state index < -0.39 is 6.04 Å². The highest BCUT2D eigenvalue weighted by Crippen LogP contribution is 2.26. The number of amides is 2. The molecule has 1 N–H and O–H groups in total. The first kappa shape index (κ1) is 26.0. The van der Waals surface area contributed by atoms with E-state index in [1.165, 1.54) is 0 Å². The second-order valence-corrected chi connectivity index (χ2v) is 9.19. The maximum absolute atomic E-state index is 13.2. The maximum atomic E-state index is 13.2. The number of nitrogens with one attached hydrogen (secondary N) is 1. The van der Waals surface area contributed by atoms with Gasteiger partial charge in [-0.25, -0.2) is 0 Å². The average molecular weight is 479 g/mol. The molecule has 32 heavy (non-hydrogen) atoms. The van der Waals surface area contributed by atoms with Crippen LogP contribution in [0.1, 0.15) is 43.9 Å². The zero-order valence-corrected chi connectivity index (χ0v) is 20.9. The van der Waals surface area contributed by atoms with Crippen molar-refractivity contribution in [2.24, 2.45) is 5.92 Å². The number of ether oxygens (including phenoxy) is 1. The first-order valence-corrected chi connectivity index (χ1v) is 11.6. The minimum atomic E-state index is -0.603. The van der Waals surface area contributed by atoms with E-state index in [-0.39, 0.29) is 25.0 Å². The van der Waals surface area contributed by atoms with Crippen molar-refractivity contribution in [1.82, 2.24) is 10.2 Å². The Balaban J connectivity index is 2.22. The first-order chi connectivity index (χ1) is 15.1. The Morgan fingerprint density at radius 2 is 1.66 bits per heavy atom. The van der Waals surface area contributed by atoms with Gasteiger partial charge in [0, 0.05) is 23.1 Å². The highest BCUT2D eigenvalue weighted by molar-refractivity contribution is 6.32. The van der Waals surface area contributed by atoms with Crippen LogP contribution in [0.15, 0.2) is 36.4 Å². The molecule has 0 aromatic heterocycles. The standard InChI is InChI=1S/C25H32Cl2N2O3/c1-6-22(25(31)28-13-16(2)3)29(14-19-7-9-20(26)10-8-19)23(30)15-32-21-11-17(4)24(27)18(5)12-21/h7-12,16,22H,6,13-15H2,1-5H3,(H,28,31)/t22-/m0/s1. The number of hydrogen-bond donors (Lipinski definition) is 1. The number of carbonyl (C=O) groups excluding carboxylic acids is 2. The molecule has 2 aromatic carbocycles. The summed E-state index contributed by atoms with van der Waals surface area (Å²) in [6, 6.07) is 10.3. The molecule has 0 saturated heterocycles. The zero-order valence-electron chi connectivity index (χ0n) is 19.4. The molecule has 0 saturated carbocycles. The summed E-state index contributed by atoms with van der Waals surface area (Å²) < 4.78 is 5.79. The molecule has 0 bridgehead atoms. The van der Waals surface area contributed by atoms with Gasteiger partial charge in [-0.2, -0.15) is 0 Å². The van der Waals surface area contributed by atoms with Crippen LogP contribution in [0.25, 0.3) is 0 Å². The zero-order chi connectivity index (χ0) is 23.8. The number of rotatable bonds is 10. The summed E-state index contributed by atoms with van der Waals surface area (Å²) in [5, 5.41) is 4.25. The van der Waals surface area contributed by atoms with E-state index in [9.17, 15) is 9.59 Å². The lowest BCUT2D eigenvalue weighted by molar-refractivity contribution is -0.143. The first-order valence-electron chi connectivity index (χ1n) is 10.8. The Labute approximate surface area is 201 Å². The number of benzene rings is 2. The van der Waals surface area contributed by atoms with E-state index >= 15 is 0 Å². The van der Waals surface area contributed by atoms with Gasteiger partial charge in [-0.05, 0) is 67.1 Å². The molecule has 0 unspecified atom stereocenters. The Hall–Kier alpha value is -2.24. The molecule has 174 valence electrons. The van der Waals surface area contributed by atoms with E-state index in [0.29, 0.717) is 34.7 Å². The normalized spacial score (nSPS) is 11.9. The molecular weight excluding hydrogens is 447 g/mol. The number of nitrogens with zero attached hydrogens (tertiary/aromatic N) is 1. The summed E-state index contributed by atoms with van der Waals surface area (Å²) in [6.07, 6.45) is 0.489. The lowest BCUT2D eigenvalue weighted by atomic mass is 10.1. The Kier molecular flexibility index (Phi) is 9.85. The van der Waals surface area contributed by atoms with E-state index in [2.05, 4.69) is 5.32 Å². The number of aryl methyl sites for hydroxylation is 2. The summed E-state index contributed by atoms with van der Waals surface area (Å²) >= 11 is 12.2. The quantitative estimate of drug-likeness (QED) is 0.485. The third-order valence-corrected chi connectivity index (χ3v) is 5.96. The number of hydrogen-bond acceptors (Lipinski definition) is 3. The summed E-state index contributed by atoms with van der Waals surface area (Å²) in [5.74, 6) is 0.455. The van der Waals surface area contributed by atoms with Crippen LogP contribution < -0.4 is 10.1 Å². The molecule has 0 aliphatic carbocycles. The van der Waals surface area contributed by atoms with Gasteiger partial charge in [-0.1, -0.05) is 56.1 Å². The number of halogens is 2. The van der Waals surface area contributed by atoms with Gasteiger partial charge < -0.3 is 15.0 Å². The second kappa shape index (κ2) is 12.1. The predicted octanol–water partition coefficient (Wildman–Crippen LogP) is 5.57. The molecule has 0 radical (unpaired) electrons. The monoisotopic (exact) mass is 478 g/mol. The molecule has 5 nitrogen and oxygen atoms in total. The van der Waals surface area contributed by atoms with E-state index in [4.69, 9.17) is 27.9 Å². The van der Waals surface area contributed by atoms with Crippen molar-refractivity contribution in [2.45, 2.75) is 53.6 Å². The third kappa shape index (κ3) is 7.42. The largest absolute Gasteiger partial charge is 0.484 e. The molecule has 0 spiro atoms. The van der Waals surface area contributed by atoms with E-state index in [0.717, 1.165) is 16.7 Å². The second-order valence-electron chi connectivity index (χ2n) is 8.37. The summed E-state index contributed by atoms with van der Waals surface area (Å²) in [5.41, 5.74) is 2.65. The van der Waals surface area contributed by atoms with Crippen LogP contribution >= 0.6 is 23.2 Å². The molecule has 0 fully saturated rings. The fourth-order valence-electron chi connectivity index (χ4n) is 3.35. The van der Waals surface area contributed by atoms with Gasteiger partial charge >= 0.3 is 0 Å². The van der Waals surface area contributed by atoms with Crippen molar-refractivity contribution in [3.8, 4) is 5.75 Å². The fraction of sp³-hybridized carbons (Fsp3) is 0.440. The summed E-state index contributed by atoms with van der Waals surface area (Å²) in [4.78, 5) is 27.7. The topological polar surface area (TPSA) is 58.6 Å². The van der Waals surface area contributed by atoms with E-state index in [1.807, 2.05) is 46.8 Å². The lowest BCUT2D eigenvalue weighted by Gasteiger charge is -2.31. The van der Waals surface area contributed by atoms with Crippen LogP contribution in [0, 0.1) is 19.8 Å². The van der Waals surface area contributed by atoms with Crippen LogP contribution in [-0.2, 0) is 16.1 Å². The molecular formula is C25H32Cl2N2O3. The van der Waals surface area contributed by atoms with E-state index in [1.54, 1.807) is 29.2 Å². The molecule has 2 rings (SSSR count). The minimum absolute atomic E-state index is 0.165. The number of carbonyl (C=O) groups is 2. The van der Waals surface area contributed by atoms with Crippen molar-refractivity contribution in [3.05, 3.63) is 63.1 Å². The van der Waals surface area contributed by atoms with Crippen molar-refractivity contribution in [2.75, 3.05) is 13.2 Å². The van der Waals surface area contributed by atoms with Gasteiger partial charge in [0.15, 0.2) is 6.61 Å². The molecule has 0 aliphatic rings. The molecule has 0 aliphatic heterocycles. The van der Waals surface area contributed by atoms with Crippen molar-refractivity contribution in [1.29, 1.82) is 0 Å².